The summed E-state index contributed by atoms with van der Waals surface area (Å²) in [5.41, 5.74) is 0. The Bertz CT molecular complexity index is 560. The number of aryl methyl sites for hydroxylation is 1. The molecule has 1 unspecified atom stereocenters. The number of hydrogen-bond donors (Lipinski definition) is 1. The fourth-order valence-corrected chi connectivity index (χ4v) is 2.78. The van der Waals surface area contributed by atoms with Gasteiger partial charge < -0.3 is 0 Å². The van der Waals surface area contributed by atoms with E-state index in [4.69, 9.17) is 0 Å². The lowest BCUT2D eigenvalue weighted by molar-refractivity contribution is 0.347. The largest absolute Gasteiger partial charge is 0.441 e. The molecule has 8 heteroatoms. The second-order valence-electron chi connectivity index (χ2n) is 4.59. The van der Waals surface area contributed by atoms with Crippen molar-refractivity contribution in [3.05, 3.63) is 16.4 Å². The van der Waals surface area contributed by atoms with E-state index in [1.54, 1.807) is 4.57 Å². The van der Waals surface area contributed by atoms with Gasteiger partial charge in [0.05, 0.1) is 6.26 Å². The predicted octanol–water partition coefficient (Wildman–Crippen LogP) is 0.0431. The monoisotopic (exact) mass is 275 g/mol. The molecule has 2 heterocycles. The highest BCUT2D eigenvalue weighted by atomic mass is 32.2. The van der Waals surface area contributed by atoms with Crippen molar-refractivity contribution in [2.45, 2.75) is 38.1 Å². The number of fused-ring (bicyclic) bond motifs is 1. The zero-order chi connectivity index (χ0) is 13.2. The van der Waals surface area contributed by atoms with Crippen molar-refractivity contribution < 1.29 is 12.9 Å². The topological polar surface area (TPSA) is 94.2 Å². The number of rotatable bonds is 4. The van der Waals surface area contributed by atoms with Gasteiger partial charge in [0.1, 0.15) is 0 Å². The van der Waals surface area contributed by atoms with Crippen LogP contribution in [0.15, 0.2) is 9.32 Å². The number of hydrogen-bond acceptors (Lipinski definition) is 5. The lowest BCUT2D eigenvalue weighted by Crippen LogP contribution is -2.28. The summed E-state index contributed by atoms with van der Waals surface area (Å²) < 4.78 is 30.7. The van der Waals surface area contributed by atoms with Gasteiger partial charge in [0, 0.05) is 19.0 Å². The van der Waals surface area contributed by atoms with Gasteiger partial charge in [0.25, 0.3) is 0 Å². The van der Waals surface area contributed by atoms with E-state index in [9.17, 15) is 13.2 Å². The molecule has 1 aromatic rings. The summed E-state index contributed by atoms with van der Waals surface area (Å²) in [5.74, 6) is 0.220. The Balaban J connectivity index is 2.08. The van der Waals surface area contributed by atoms with Gasteiger partial charge in [-0.15, -0.1) is 0 Å². The maximum absolute atomic E-state index is 11.6. The molecule has 102 valence electrons. The van der Waals surface area contributed by atoms with Gasteiger partial charge in [-0.25, -0.2) is 17.9 Å². The molecule has 1 aliphatic heterocycles. The molecule has 1 aromatic heterocycles. The van der Waals surface area contributed by atoms with Crippen molar-refractivity contribution >= 4 is 10.0 Å². The normalized spacial score (nSPS) is 20.4. The Morgan fingerprint density at radius 2 is 2.28 bits per heavy atom. The Kier molecular flexibility index (Phi) is 3.86. The van der Waals surface area contributed by atoms with E-state index in [-0.39, 0.29) is 6.04 Å². The molecular formula is C10H17N3O4S. The van der Waals surface area contributed by atoms with E-state index in [1.165, 1.54) is 0 Å². The van der Waals surface area contributed by atoms with E-state index in [1.807, 2.05) is 0 Å². The van der Waals surface area contributed by atoms with Crippen molar-refractivity contribution in [1.82, 2.24) is 14.4 Å². The third-order valence-electron chi connectivity index (χ3n) is 3.10. The van der Waals surface area contributed by atoms with Crippen LogP contribution in [0.25, 0.3) is 0 Å². The number of aromatic nitrogens is 2. The highest BCUT2D eigenvalue weighted by molar-refractivity contribution is 7.88. The minimum Gasteiger partial charge on any atom is -0.296 e. The van der Waals surface area contributed by atoms with Crippen LogP contribution in [-0.4, -0.2) is 30.9 Å². The van der Waals surface area contributed by atoms with E-state index in [0.717, 1.165) is 31.9 Å². The molecule has 0 aliphatic carbocycles. The van der Waals surface area contributed by atoms with Gasteiger partial charge in [0.15, 0.2) is 5.82 Å². The summed E-state index contributed by atoms with van der Waals surface area (Å²) in [6.45, 7) is 0.320. The molecule has 0 bridgehead atoms. The highest BCUT2D eigenvalue weighted by Gasteiger charge is 2.22. The lowest BCUT2D eigenvalue weighted by atomic mass is 10.1. The first-order valence-electron chi connectivity index (χ1n) is 5.99. The molecule has 2 rings (SSSR count). The molecule has 1 aliphatic rings. The minimum absolute atomic E-state index is 0.0319. The van der Waals surface area contributed by atoms with Crippen LogP contribution in [0.2, 0.25) is 0 Å². The first-order chi connectivity index (χ1) is 8.47. The van der Waals surface area contributed by atoms with Gasteiger partial charge in [0.2, 0.25) is 10.0 Å². The summed E-state index contributed by atoms with van der Waals surface area (Å²) in [6.07, 6.45) is 5.26. The fraction of sp³-hybridized carbons (Fsp3) is 0.800. The molecule has 0 saturated heterocycles. The molecule has 18 heavy (non-hydrogen) atoms. The molecule has 0 fully saturated rings. The fourth-order valence-electron chi connectivity index (χ4n) is 2.29. The van der Waals surface area contributed by atoms with E-state index >= 15 is 0 Å². The summed E-state index contributed by atoms with van der Waals surface area (Å²) in [7, 11) is -3.18. The van der Waals surface area contributed by atoms with Gasteiger partial charge >= 0.3 is 5.76 Å². The Hall–Kier alpha value is -1.15. The maximum Gasteiger partial charge on any atom is 0.441 e. The van der Waals surface area contributed by atoms with Crippen molar-refractivity contribution in [3.63, 3.8) is 0 Å². The summed E-state index contributed by atoms with van der Waals surface area (Å²) in [5, 5.41) is 3.76. The smallest absolute Gasteiger partial charge is 0.296 e. The predicted molar refractivity (Wildman–Crippen MR) is 64.8 cm³/mol. The van der Waals surface area contributed by atoms with E-state index in [2.05, 4.69) is 14.4 Å². The first kappa shape index (κ1) is 13.3. The summed E-state index contributed by atoms with van der Waals surface area (Å²) in [6, 6.07) is -0.0319. The summed E-state index contributed by atoms with van der Waals surface area (Å²) in [4.78, 5) is 11.6. The second-order valence-corrected chi connectivity index (χ2v) is 6.42. The van der Waals surface area contributed by atoms with Gasteiger partial charge in [-0.05, 0) is 19.3 Å². The van der Waals surface area contributed by atoms with Crippen molar-refractivity contribution in [1.29, 1.82) is 0 Å². The van der Waals surface area contributed by atoms with Crippen LogP contribution < -0.4 is 10.5 Å². The number of nitrogens with zero attached hydrogens (tertiary/aromatic N) is 2. The molecule has 0 amide bonds. The zero-order valence-electron chi connectivity index (χ0n) is 10.3. The van der Waals surface area contributed by atoms with Crippen LogP contribution in [0.4, 0.5) is 0 Å². The van der Waals surface area contributed by atoms with Gasteiger partial charge in [-0.2, -0.15) is 0 Å². The van der Waals surface area contributed by atoms with Gasteiger partial charge in [-0.1, -0.05) is 11.6 Å². The van der Waals surface area contributed by atoms with Crippen LogP contribution in [0, 0.1) is 0 Å². The molecule has 0 saturated carbocycles. The van der Waals surface area contributed by atoms with Crippen LogP contribution >= 0.6 is 0 Å². The minimum atomic E-state index is -3.18. The summed E-state index contributed by atoms with van der Waals surface area (Å²) >= 11 is 0. The van der Waals surface area contributed by atoms with Crippen LogP contribution in [0.5, 0.6) is 0 Å². The average Bonchev–Trinajstić information content (AvgIpc) is 2.51. The highest BCUT2D eigenvalue weighted by Crippen LogP contribution is 2.23. The Morgan fingerprint density at radius 1 is 1.50 bits per heavy atom. The molecule has 0 spiro atoms. The molecule has 0 radical (unpaired) electrons. The SMILES string of the molecule is CS(=O)(=O)NCCC1CCCCc2noc(=O)n21. The lowest BCUT2D eigenvalue weighted by Gasteiger charge is -2.15. The quantitative estimate of drug-likeness (QED) is 0.837. The average molecular weight is 275 g/mol. The first-order valence-corrected chi connectivity index (χ1v) is 7.88. The Morgan fingerprint density at radius 3 is 3.00 bits per heavy atom. The van der Waals surface area contributed by atoms with Crippen LogP contribution in [-0.2, 0) is 16.4 Å². The van der Waals surface area contributed by atoms with Gasteiger partial charge in [-0.3, -0.25) is 9.09 Å². The Labute approximate surface area is 105 Å². The molecular weight excluding hydrogens is 258 g/mol. The van der Waals surface area contributed by atoms with Crippen molar-refractivity contribution in [2.24, 2.45) is 0 Å². The number of nitrogens with one attached hydrogen (secondary N) is 1. The van der Waals surface area contributed by atoms with Crippen molar-refractivity contribution in [3.8, 4) is 0 Å². The van der Waals surface area contributed by atoms with Crippen molar-refractivity contribution in [2.75, 3.05) is 12.8 Å². The molecule has 7 nitrogen and oxygen atoms in total. The third-order valence-corrected chi connectivity index (χ3v) is 3.83. The van der Waals surface area contributed by atoms with E-state index < -0.39 is 15.8 Å². The second kappa shape index (κ2) is 5.23. The maximum atomic E-state index is 11.6. The standard InChI is InChI=1S/C10H17N3O4S/c1-18(15,16)11-7-6-8-4-2-3-5-9-12-17-10(14)13(8)9/h8,11H,2-7H2,1H3. The van der Waals surface area contributed by atoms with Crippen LogP contribution in [0.1, 0.15) is 37.5 Å². The molecule has 1 N–H and O–H groups in total. The molecule has 0 aromatic carbocycles. The number of sulfonamides is 1. The molecule has 1 atom stereocenters. The van der Waals surface area contributed by atoms with E-state index in [0.29, 0.717) is 18.8 Å². The third kappa shape index (κ3) is 3.20. The zero-order valence-corrected chi connectivity index (χ0v) is 11.1. The van der Waals surface area contributed by atoms with Crippen LogP contribution in [0.3, 0.4) is 0 Å².